The van der Waals surface area contributed by atoms with Gasteiger partial charge in [-0.05, 0) is 18.1 Å². The maximum Gasteiger partial charge on any atom is 0.342 e. The van der Waals surface area contributed by atoms with Crippen molar-refractivity contribution < 1.29 is 24.7 Å². The van der Waals surface area contributed by atoms with Crippen molar-refractivity contribution in [2.24, 2.45) is 0 Å². The van der Waals surface area contributed by atoms with Crippen LogP contribution in [0, 0.1) is 5.21 Å². The van der Waals surface area contributed by atoms with Gasteiger partial charge in [0.2, 0.25) is 0 Å². The highest BCUT2D eigenvalue weighted by molar-refractivity contribution is 6.10. The maximum absolute atomic E-state index is 12.7. The second-order valence-corrected chi connectivity index (χ2v) is 6.37. The summed E-state index contributed by atoms with van der Waals surface area (Å²) < 4.78 is 5.12. The molecule has 2 N–H and O–H groups in total. The second kappa shape index (κ2) is 7.63. The fourth-order valence-electron chi connectivity index (χ4n) is 3.42. The SMILES string of the molecule is CCOC(=O)C1(O)CC(c2ccccc2)/C(=[N+](/[O-])O)C=C1c1ccccc1. The highest BCUT2D eigenvalue weighted by atomic mass is 16.8. The van der Waals surface area contributed by atoms with Crippen LogP contribution >= 0.6 is 0 Å². The minimum Gasteiger partial charge on any atom is -0.464 e. The molecule has 3 rings (SSSR count). The van der Waals surface area contributed by atoms with Gasteiger partial charge in [-0.15, -0.1) is 0 Å². The zero-order valence-electron chi connectivity index (χ0n) is 14.9. The summed E-state index contributed by atoms with van der Waals surface area (Å²) in [7, 11) is 0. The predicted octanol–water partition coefficient (Wildman–Crippen LogP) is 2.89. The van der Waals surface area contributed by atoms with Crippen LogP contribution in [0.5, 0.6) is 0 Å². The first-order chi connectivity index (χ1) is 13.0. The number of rotatable bonds is 4. The van der Waals surface area contributed by atoms with Gasteiger partial charge in [0.05, 0.1) is 12.5 Å². The first-order valence-corrected chi connectivity index (χ1v) is 8.72. The summed E-state index contributed by atoms with van der Waals surface area (Å²) in [6.07, 6.45) is 1.26. The average Bonchev–Trinajstić information content (AvgIpc) is 2.69. The van der Waals surface area contributed by atoms with Gasteiger partial charge in [-0.2, -0.15) is 0 Å². The standard InChI is InChI=1S/C21H21NO5/c1-2-27-20(23)21(24)14-17(15-9-5-3-6-10-15)19(22(25)26)13-18(21)16-11-7-4-8-12-16/h3-13,17,24H,2,14H2,1H3,(H,25,26). The minimum absolute atomic E-state index is 0.0500. The largest absolute Gasteiger partial charge is 0.464 e. The van der Waals surface area contributed by atoms with E-state index in [1.165, 1.54) is 6.08 Å². The number of hydrogen-bond acceptors (Lipinski definition) is 5. The van der Waals surface area contributed by atoms with Crippen LogP contribution in [0.25, 0.3) is 5.57 Å². The number of esters is 1. The molecule has 2 aromatic rings. The van der Waals surface area contributed by atoms with Crippen molar-refractivity contribution in [2.45, 2.75) is 24.9 Å². The summed E-state index contributed by atoms with van der Waals surface area (Å²) in [6, 6.07) is 17.7. The number of ether oxygens (including phenoxy) is 1. The number of benzene rings is 2. The molecule has 2 aromatic carbocycles. The van der Waals surface area contributed by atoms with Crippen LogP contribution < -0.4 is 0 Å². The fraction of sp³-hybridized carbons (Fsp3) is 0.238. The molecule has 0 aromatic heterocycles. The van der Waals surface area contributed by atoms with Crippen molar-refractivity contribution in [1.82, 2.24) is 0 Å². The van der Waals surface area contributed by atoms with E-state index in [2.05, 4.69) is 0 Å². The molecule has 0 amide bonds. The zero-order valence-corrected chi connectivity index (χ0v) is 14.9. The van der Waals surface area contributed by atoms with E-state index in [1.807, 2.05) is 6.07 Å². The summed E-state index contributed by atoms with van der Waals surface area (Å²) in [5.74, 6) is -1.45. The quantitative estimate of drug-likeness (QED) is 0.375. The third-order valence-corrected chi connectivity index (χ3v) is 4.72. The number of carbonyl (C=O) groups excluding carboxylic acids is 1. The van der Waals surface area contributed by atoms with Gasteiger partial charge in [0.15, 0.2) is 5.60 Å². The van der Waals surface area contributed by atoms with E-state index in [4.69, 9.17) is 4.74 Å². The molecule has 2 unspecified atom stereocenters. The van der Waals surface area contributed by atoms with Gasteiger partial charge in [0.25, 0.3) is 5.71 Å². The first kappa shape index (κ1) is 18.7. The normalized spacial score (nSPS) is 24.1. The molecule has 0 heterocycles. The number of hydrogen-bond donors (Lipinski definition) is 2. The molecule has 0 saturated heterocycles. The molecule has 0 bridgehead atoms. The molecule has 0 aliphatic heterocycles. The molecule has 1 aliphatic carbocycles. The van der Waals surface area contributed by atoms with Crippen LogP contribution in [0.3, 0.4) is 0 Å². The lowest BCUT2D eigenvalue weighted by atomic mass is 9.72. The van der Waals surface area contributed by atoms with Crippen molar-refractivity contribution in [2.75, 3.05) is 6.61 Å². The van der Waals surface area contributed by atoms with Crippen molar-refractivity contribution in [3.8, 4) is 0 Å². The Kier molecular flexibility index (Phi) is 5.28. The molecule has 0 spiro atoms. The Hall–Kier alpha value is -3.12. The Morgan fingerprint density at radius 3 is 2.33 bits per heavy atom. The summed E-state index contributed by atoms with van der Waals surface area (Å²) in [5, 5.41) is 32.9. The summed E-state index contributed by atoms with van der Waals surface area (Å²) >= 11 is 0. The average molecular weight is 367 g/mol. The van der Waals surface area contributed by atoms with E-state index in [0.29, 0.717) is 11.1 Å². The lowest BCUT2D eigenvalue weighted by Crippen LogP contribution is -2.47. The Balaban J connectivity index is 2.20. The van der Waals surface area contributed by atoms with E-state index in [1.54, 1.807) is 61.5 Å². The molecule has 6 nitrogen and oxygen atoms in total. The van der Waals surface area contributed by atoms with Crippen LogP contribution in [0.15, 0.2) is 66.7 Å². The Labute approximate surface area is 157 Å². The fourth-order valence-corrected chi connectivity index (χ4v) is 3.42. The van der Waals surface area contributed by atoms with Crippen LogP contribution in [-0.4, -0.2) is 39.1 Å². The molecule has 1 aliphatic rings. The number of aliphatic hydroxyl groups is 1. The van der Waals surface area contributed by atoms with Crippen LogP contribution in [0.1, 0.15) is 30.4 Å². The van der Waals surface area contributed by atoms with E-state index in [0.717, 1.165) is 0 Å². The van der Waals surface area contributed by atoms with Gasteiger partial charge in [-0.3, -0.25) is 5.21 Å². The first-order valence-electron chi connectivity index (χ1n) is 8.72. The van der Waals surface area contributed by atoms with Crippen molar-refractivity contribution in [3.63, 3.8) is 0 Å². The second-order valence-electron chi connectivity index (χ2n) is 6.37. The smallest absolute Gasteiger partial charge is 0.342 e. The lowest BCUT2D eigenvalue weighted by molar-refractivity contribution is -0.726. The topological polar surface area (TPSA) is 92.8 Å². The summed E-state index contributed by atoms with van der Waals surface area (Å²) in [4.78, 5) is 12.5. The van der Waals surface area contributed by atoms with Gasteiger partial charge >= 0.3 is 5.97 Å². The molecular weight excluding hydrogens is 346 g/mol. The molecule has 0 saturated carbocycles. The van der Waals surface area contributed by atoms with Crippen molar-refractivity contribution >= 4 is 17.3 Å². The Bertz CT molecular complexity index is 872. The minimum atomic E-state index is -1.95. The molecule has 2 atom stereocenters. The number of carbonyl (C=O) groups is 1. The summed E-state index contributed by atoms with van der Waals surface area (Å²) in [5.41, 5.74) is -0.405. The molecule has 140 valence electrons. The van der Waals surface area contributed by atoms with E-state index in [-0.39, 0.29) is 29.2 Å². The van der Waals surface area contributed by atoms with Gasteiger partial charge in [0.1, 0.15) is 0 Å². The van der Waals surface area contributed by atoms with Crippen LogP contribution in [-0.2, 0) is 9.53 Å². The molecule has 6 heteroatoms. The summed E-state index contributed by atoms with van der Waals surface area (Å²) in [6.45, 7) is 1.78. The highest BCUT2D eigenvalue weighted by Gasteiger charge is 2.50. The highest BCUT2D eigenvalue weighted by Crippen LogP contribution is 2.42. The van der Waals surface area contributed by atoms with Gasteiger partial charge in [0, 0.05) is 23.0 Å². The van der Waals surface area contributed by atoms with Crippen molar-refractivity contribution in [1.29, 1.82) is 0 Å². The monoisotopic (exact) mass is 367 g/mol. The van der Waals surface area contributed by atoms with E-state index in [9.17, 15) is 20.3 Å². The third kappa shape index (κ3) is 3.57. The van der Waals surface area contributed by atoms with Gasteiger partial charge in [-0.1, -0.05) is 60.7 Å². The van der Waals surface area contributed by atoms with Gasteiger partial charge in [-0.25, -0.2) is 4.79 Å². The van der Waals surface area contributed by atoms with Crippen molar-refractivity contribution in [3.05, 3.63) is 83.1 Å². The molecule has 0 radical (unpaired) electrons. The molecule has 27 heavy (non-hydrogen) atoms. The predicted molar refractivity (Wildman–Crippen MR) is 100 cm³/mol. The Morgan fingerprint density at radius 1 is 1.19 bits per heavy atom. The zero-order chi connectivity index (χ0) is 19.4. The number of allylic oxidation sites excluding steroid dienone is 1. The van der Waals surface area contributed by atoms with E-state index >= 15 is 0 Å². The van der Waals surface area contributed by atoms with Crippen LogP contribution in [0.2, 0.25) is 0 Å². The molecular formula is C21H21NO5. The van der Waals surface area contributed by atoms with Gasteiger partial charge < -0.3 is 15.1 Å². The molecule has 0 fully saturated rings. The van der Waals surface area contributed by atoms with E-state index < -0.39 is 17.5 Å². The Morgan fingerprint density at radius 2 is 1.78 bits per heavy atom. The number of nitrogens with zero attached hydrogens (tertiary/aromatic N) is 1. The third-order valence-electron chi connectivity index (χ3n) is 4.72. The lowest BCUT2D eigenvalue weighted by Gasteiger charge is -2.35. The van der Waals surface area contributed by atoms with Crippen LogP contribution in [0.4, 0.5) is 0 Å². The maximum atomic E-state index is 12.7.